The van der Waals surface area contributed by atoms with Gasteiger partial charge >= 0.3 is 5.97 Å². The van der Waals surface area contributed by atoms with Crippen molar-refractivity contribution in [3.63, 3.8) is 0 Å². The number of ether oxygens (including phenoxy) is 5. The minimum absolute atomic E-state index is 0.0708. The molecule has 2 aliphatic heterocycles. The van der Waals surface area contributed by atoms with Gasteiger partial charge < -0.3 is 29.0 Å². The minimum atomic E-state index is -0.715. The summed E-state index contributed by atoms with van der Waals surface area (Å²) in [5.74, 6) is -0.130. The molecule has 3 rings (SSSR count). The number of nitrogens with one attached hydrogen (secondary N) is 1. The van der Waals surface area contributed by atoms with E-state index in [9.17, 15) is 4.79 Å². The highest BCUT2D eigenvalue weighted by Crippen LogP contribution is 2.44. The van der Waals surface area contributed by atoms with Crippen LogP contribution in [0, 0.1) is 10.8 Å². The topological polar surface area (TPSA) is 78.5 Å². The van der Waals surface area contributed by atoms with Gasteiger partial charge in [0.05, 0.1) is 19.8 Å². The number of carbonyl (C=O) groups is 1. The van der Waals surface area contributed by atoms with E-state index in [4.69, 9.17) is 23.7 Å². The van der Waals surface area contributed by atoms with E-state index >= 15 is 0 Å². The molecule has 0 spiro atoms. The molecule has 0 saturated carbocycles. The van der Waals surface area contributed by atoms with Crippen LogP contribution in [0.1, 0.15) is 92.7 Å². The van der Waals surface area contributed by atoms with Crippen LogP contribution in [0.3, 0.4) is 0 Å². The summed E-state index contributed by atoms with van der Waals surface area (Å²) >= 11 is 0. The molecule has 0 radical (unpaired) electrons. The smallest absolute Gasteiger partial charge is 0.302 e. The predicted molar refractivity (Wildman–Crippen MR) is 145 cm³/mol. The van der Waals surface area contributed by atoms with Crippen LogP contribution < -0.4 is 10.1 Å². The van der Waals surface area contributed by atoms with E-state index in [1.165, 1.54) is 12.5 Å². The first-order valence-electron chi connectivity index (χ1n) is 13.8. The molecule has 2 fully saturated rings. The van der Waals surface area contributed by atoms with Crippen LogP contribution in [0.15, 0.2) is 24.3 Å². The molecule has 7 heteroatoms. The monoisotopic (exact) mass is 519 g/mol. The van der Waals surface area contributed by atoms with Gasteiger partial charge in [-0.05, 0) is 50.3 Å². The first-order valence-corrected chi connectivity index (χ1v) is 13.8. The summed E-state index contributed by atoms with van der Waals surface area (Å²) in [6, 6.07) is 8.41. The molecule has 1 N–H and O–H groups in total. The zero-order valence-corrected chi connectivity index (χ0v) is 24.3. The minimum Gasteiger partial charge on any atom is -0.491 e. The van der Waals surface area contributed by atoms with E-state index in [1.807, 2.05) is 19.1 Å². The van der Waals surface area contributed by atoms with Gasteiger partial charge in [0.2, 0.25) is 0 Å². The van der Waals surface area contributed by atoms with Crippen molar-refractivity contribution >= 4 is 5.97 Å². The second-order valence-corrected chi connectivity index (χ2v) is 12.9. The maximum absolute atomic E-state index is 11.4. The second-order valence-electron chi connectivity index (χ2n) is 12.9. The number of hydrogen-bond acceptors (Lipinski definition) is 7. The van der Waals surface area contributed by atoms with Crippen LogP contribution in [-0.2, 0) is 23.7 Å². The van der Waals surface area contributed by atoms with Gasteiger partial charge in [0.1, 0.15) is 25.1 Å². The molecule has 1 aromatic carbocycles. The standard InChI is InChI=1S/C30H49NO6/c1-9-14-27(4,5)17-30(36-20-29(8,21-37-30)19-35-23(3)32)18-28(6,7)31-22(2)24-10-12-25(13-11-24)33-15-26-16-34-26/h10-13,22,26,31H,9,14-21H2,1-8H3. The second kappa shape index (κ2) is 12.0. The maximum atomic E-state index is 11.4. The molecular formula is C30H49NO6. The quantitative estimate of drug-likeness (QED) is 0.245. The summed E-state index contributed by atoms with van der Waals surface area (Å²) in [4.78, 5) is 11.4. The normalized spacial score (nSPS) is 27.0. The lowest BCUT2D eigenvalue weighted by Gasteiger charge is -2.50. The zero-order chi connectivity index (χ0) is 27.3. The van der Waals surface area contributed by atoms with E-state index in [-0.39, 0.29) is 34.5 Å². The molecule has 0 amide bonds. The molecule has 0 aromatic heterocycles. The molecule has 37 heavy (non-hydrogen) atoms. The van der Waals surface area contributed by atoms with Crippen LogP contribution in [0.2, 0.25) is 0 Å². The fourth-order valence-electron chi connectivity index (χ4n) is 5.41. The van der Waals surface area contributed by atoms with Crippen molar-refractivity contribution in [1.82, 2.24) is 5.32 Å². The largest absolute Gasteiger partial charge is 0.491 e. The van der Waals surface area contributed by atoms with Crippen molar-refractivity contribution in [3.8, 4) is 5.75 Å². The molecule has 2 heterocycles. The lowest BCUT2D eigenvalue weighted by molar-refractivity contribution is -0.323. The van der Waals surface area contributed by atoms with E-state index in [0.717, 1.165) is 31.6 Å². The van der Waals surface area contributed by atoms with Gasteiger partial charge in [0.25, 0.3) is 0 Å². The molecule has 2 aliphatic rings. The van der Waals surface area contributed by atoms with Crippen molar-refractivity contribution in [3.05, 3.63) is 29.8 Å². The Hall–Kier alpha value is -1.67. The van der Waals surface area contributed by atoms with Crippen molar-refractivity contribution in [2.45, 2.75) is 105 Å². The summed E-state index contributed by atoms with van der Waals surface area (Å²) in [5.41, 5.74) is 0.651. The van der Waals surface area contributed by atoms with E-state index in [1.54, 1.807) is 0 Å². The van der Waals surface area contributed by atoms with Gasteiger partial charge in [-0.1, -0.05) is 46.2 Å². The van der Waals surface area contributed by atoms with Gasteiger partial charge in [0.15, 0.2) is 5.79 Å². The number of benzene rings is 1. The Labute approximate surface area is 223 Å². The molecular weight excluding hydrogens is 470 g/mol. The van der Waals surface area contributed by atoms with Crippen molar-refractivity contribution in [2.24, 2.45) is 10.8 Å². The first-order chi connectivity index (χ1) is 17.2. The average Bonchev–Trinajstić information content (AvgIpc) is 3.63. The Morgan fingerprint density at radius 1 is 1.14 bits per heavy atom. The van der Waals surface area contributed by atoms with Gasteiger partial charge in [-0.3, -0.25) is 4.79 Å². The lowest BCUT2D eigenvalue weighted by atomic mass is 9.77. The van der Waals surface area contributed by atoms with Gasteiger partial charge in [-0.25, -0.2) is 0 Å². The summed E-state index contributed by atoms with van der Waals surface area (Å²) < 4.78 is 29.5. The van der Waals surface area contributed by atoms with Crippen LogP contribution >= 0.6 is 0 Å². The Balaban J connectivity index is 1.67. The summed E-state index contributed by atoms with van der Waals surface area (Å²) in [6.45, 7) is 19.6. The van der Waals surface area contributed by atoms with Gasteiger partial charge in [0, 0.05) is 36.8 Å². The Morgan fingerprint density at radius 2 is 1.76 bits per heavy atom. The fourth-order valence-corrected chi connectivity index (χ4v) is 5.41. The molecule has 0 aliphatic carbocycles. The highest BCUT2D eigenvalue weighted by molar-refractivity contribution is 5.65. The Bertz CT molecular complexity index is 869. The highest BCUT2D eigenvalue weighted by atomic mass is 16.7. The number of epoxide rings is 1. The molecule has 1 aromatic rings. The number of carbonyl (C=O) groups excluding carboxylic acids is 1. The molecule has 210 valence electrons. The van der Waals surface area contributed by atoms with Crippen molar-refractivity contribution < 1.29 is 28.5 Å². The van der Waals surface area contributed by atoms with Crippen molar-refractivity contribution in [2.75, 3.05) is 33.0 Å². The molecule has 2 unspecified atom stereocenters. The van der Waals surface area contributed by atoms with Gasteiger partial charge in [-0.2, -0.15) is 0 Å². The average molecular weight is 520 g/mol. The summed E-state index contributed by atoms with van der Waals surface area (Å²) in [5, 5.41) is 3.81. The molecule has 7 nitrogen and oxygen atoms in total. The van der Waals surface area contributed by atoms with E-state index in [0.29, 0.717) is 32.8 Å². The fraction of sp³-hybridized carbons (Fsp3) is 0.767. The maximum Gasteiger partial charge on any atom is 0.302 e. The molecule has 2 saturated heterocycles. The summed E-state index contributed by atoms with van der Waals surface area (Å²) in [7, 11) is 0. The first kappa shape index (κ1) is 29.9. The number of rotatable bonds is 14. The lowest BCUT2D eigenvalue weighted by Crippen LogP contribution is -2.57. The third-order valence-corrected chi connectivity index (χ3v) is 7.20. The van der Waals surface area contributed by atoms with Crippen LogP contribution in [0.5, 0.6) is 5.75 Å². The zero-order valence-electron chi connectivity index (χ0n) is 24.3. The SMILES string of the molecule is CCCC(C)(C)CC1(CC(C)(C)NC(C)c2ccc(OCC3CO3)cc2)OCC(C)(COC(C)=O)CO1. The third kappa shape index (κ3) is 9.54. The van der Waals surface area contributed by atoms with Crippen LogP contribution in [0.25, 0.3) is 0 Å². The van der Waals surface area contributed by atoms with Crippen LogP contribution in [-0.4, -0.2) is 56.4 Å². The number of hydrogen-bond donors (Lipinski definition) is 1. The van der Waals surface area contributed by atoms with Gasteiger partial charge in [-0.15, -0.1) is 0 Å². The predicted octanol–water partition coefficient (Wildman–Crippen LogP) is 5.81. The molecule has 0 bridgehead atoms. The Kier molecular flexibility index (Phi) is 9.71. The van der Waals surface area contributed by atoms with Crippen LogP contribution in [0.4, 0.5) is 0 Å². The summed E-state index contributed by atoms with van der Waals surface area (Å²) in [6.07, 6.45) is 3.95. The van der Waals surface area contributed by atoms with E-state index in [2.05, 4.69) is 59.0 Å². The van der Waals surface area contributed by atoms with Crippen molar-refractivity contribution in [1.29, 1.82) is 0 Å². The third-order valence-electron chi connectivity index (χ3n) is 7.20. The van der Waals surface area contributed by atoms with E-state index < -0.39 is 5.79 Å². The molecule has 2 atom stereocenters. The number of esters is 1. The highest BCUT2D eigenvalue weighted by Gasteiger charge is 2.48. The Morgan fingerprint density at radius 3 is 2.30 bits per heavy atom.